The highest BCUT2D eigenvalue weighted by atomic mass is 35.5. The monoisotopic (exact) mass is 384 g/mol. The number of nitrogens with one attached hydrogen (secondary N) is 1. The topological polar surface area (TPSA) is 51.2 Å². The van der Waals surface area contributed by atoms with E-state index in [0.717, 1.165) is 5.75 Å². The van der Waals surface area contributed by atoms with Gasteiger partial charge in [-0.3, -0.25) is 9.78 Å². The van der Waals surface area contributed by atoms with Gasteiger partial charge >= 0.3 is 0 Å². The molecule has 4 aliphatic rings. The van der Waals surface area contributed by atoms with Gasteiger partial charge in [-0.15, -0.1) is 12.4 Å². The molecule has 2 aromatic rings. The van der Waals surface area contributed by atoms with Crippen LogP contribution >= 0.6 is 12.4 Å². The Hall–Kier alpha value is -2.07. The fraction of sp³-hybridized carbons (Fsp3) is 0.455. The first-order chi connectivity index (χ1) is 12.6. The molecule has 142 valence electrons. The Kier molecular flexibility index (Phi) is 4.42. The van der Waals surface area contributed by atoms with Crippen LogP contribution in [0.2, 0.25) is 0 Å². The van der Waals surface area contributed by atoms with E-state index in [1.54, 1.807) is 19.5 Å². The molecular weight excluding hydrogens is 360 g/mol. The lowest BCUT2D eigenvalue weighted by Gasteiger charge is -2.74. The Bertz CT molecular complexity index is 813. The van der Waals surface area contributed by atoms with Crippen LogP contribution in [-0.4, -0.2) is 24.0 Å². The fourth-order valence-corrected chi connectivity index (χ4v) is 5.37. The van der Waals surface area contributed by atoms with Crippen LogP contribution in [0.1, 0.15) is 48.0 Å². The summed E-state index contributed by atoms with van der Waals surface area (Å²) in [6, 6.07) is 12.5. The third-order valence-electron chi connectivity index (χ3n) is 6.74. The number of ether oxygens (including phenoxy) is 1. The molecule has 4 nitrogen and oxygen atoms in total. The first-order valence-corrected chi connectivity index (χ1v) is 9.50. The van der Waals surface area contributed by atoms with Crippen molar-refractivity contribution in [2.24, 2.45) is 11.3 Å². The Labute approximate surface area is 166 Å². The normalized spacial score (nSPS) is 28.8. The summed E-state index contributed by atoms with van der Waals surface area (Å²) in [4.78, 5) is 16.7. The summed E-state index contributed by atoms with van der Waals surface area (Å²) in [5.41, 5.74) is 2.72. The highest BCUT2D eigenvalue weighted by Crippen LogP contribution is 2.76. The van der Waals surface area contributed by atoms with Gasteiger partial charge in [-0.2, -0.15) is 0 Å². The molecule has 4 saturated carbocycles. The number of nitrogens with zero attached hydrogens (tertiary/aromatic N) is 1. The van der Waals surface area contributed by atoms with E-state index in [9.17, 15) is 4.79 Å². The van der Waals surface area contributed by atoms with Gasteiger partial charge in [-0.05, 0) is 78.7 Å². The molecule has 0 radical (unpaired) electrons. The molecule has 1 aromatic carbocycles. The predicted molar refractivity (Wildman–Crippen MR) is 106 cm³/mol. The minimum atomic E-state index is 0. The number of halogens is 1. The lowest BCUT2D eigenvalue weighted by molar-refractivity contribution is -0.166. The third-order valence-corrected chi connectivity index (χ3v) is 6.74. The summed E-state index contributed by atoms with van der Waals surface area (Å²) in [6.07, 6.45) is 9.43. The molecular formula is C22H25ClN2O2. The van der Waals surface area contributed by atoms with Crippen LogP contribution in [-0.2, 0) is 5.41 Å². The summed E-state index contributed by atoms with van der Waals surface area (Å²) >= 11 is 0. The van der Waals surface area contributed by atoms with Crippen molar-refractivity contribution in [3.63, 3.8) is 0 Å². The van der Waals surface area contributed by atoms with Gasteiger partial charge in [0.05, 0.1) is 12.7 Å². The average molecular weight is 385 g/mol. The van der Waals surface area contributed by atoms with Crippen LogP contribution in [0.3, 0.4) is 0 Å². The lowest BCUT2D eigenvalue weighted by Crippen LogP contribution is -2.72. The number of carbonyl (C=O) groups is 1. The number of rotatable bonds is 6. The van der Waals surface area contributed by atoms with Crippen LogP contribution < -0.4 is 10.1 Å². The van der Waals surface area contributed by atoms with E-state index in [1.807, 2.05) is 12.1 Å². The zero-order chi connectivity index (χ0) is 17.8. The van der Waals surface area contributed by atoms with Crippen LogP contribution in [0, 0.1) is 11.3 Å². The molecule has 5 heteroatoms. The van der Waals surface area contributed by atoms with Crippen LogP contribution in [0.4, 0.5) is 0 Å². The molecule has 1 atom stereocenters. The maximum Gasteiger partial charge on any atom is 0.253 e. The Balaban J connectivity index is 0.00000180. The summed E-state index contributed by atoms with van der Waals surface area (Å²) in [6.45, 7) is 0. The highest BCUT2D eigenvalue weighted by Gasteiger charge is 2.72. The smallest absolute Gasteiger partial charge is 0.253 e. The second kappa shape index (κ2) is 6.52. The molecule has 6 rings (SSSR count). The van der Waals surface area contributed by atoms with Crippen molar-refractivity contribution in [3.8, 4) is 5.75 Å². The molecule has 0 saturated heterocycles. The Morgan fingerprint density at radius 3 is 2.44 bits per heavy atom. The van der Waals surface area contributed by atoms with Gasteiger partial charge in [0.1, 0.15) is 5.75 Å². The van der Waals surface area contributed by atoms with E-state index in [2.05, 4.69) is 34.6 Å². The summed E-state index contributed by atoms with van der Waals surface area (Å²) in [7, 11) is 1.70. The zero-order valence-corrected chi connectivity index (χ0v) is 16.3. The number of methoxy groups -OCH3 is 1. The van der Waals surface area contributed by atoms with Gasteiger partial charge < -0.3 is 10.1 Å². The van der Waals surface area contributed by atoms with E-state index >= 15 is 0 Å². The highest BCUT2D eigenvalue weighted by molar-refractivity contribution is 5.94. The van der Waals surface area contributed by atoms with E-state index in [0.29, 0.717) is 28.4 Å². The van der Waals surface area contributed by atoms with Crippen molar-refractivity contribution in [1.29, 1.82) is 0 Å². The van der Waals surface area contributed by atoms with Crippen molar-refractivity contribution in [2.75, 3.05) is 7.11 Å². The third kappa shape index (κ3) is 2.91. The number of hydrogen-bond acceptors (Lipinski definition) is 3. The molecule has 1 unspecified atom stereocenters. The first kappa shape index (κ1) is 18.3. The van der Waals surface area contributed by atoms with E-state index in [1.165, 1.54) is 37.7 Å². The maximum atomic E-state index is 12.6. The number of carbonyl (C=O) groups excluding carboxylic acids is 1. The fourth-order valence-electron chi connectivity index (χ4n) is 5.37. The standard InChI is InChI=1S/C22H24N2O2.ClH/c1-26-18-8-6-17(7-9-18)21-12-22(13-21,14-21)19(15-4-5-15)24-20(25)16-3-2-10-23-11-16;/h2-3,6-11,15,19H,4-5,12-14H2,1H3,(H,24,25);1H. The predicted octanol–water partition coefficient (Wildman–Crippen LogP) is 4.14. The van der Waals surface area contributed by atoms with Crippen molar-refractivity contribution < 1.29 is 9.53 Å². The number of benzene rings is 1. The molecule has 2 bridgehead atoms. The molecule has 4 aliphatic carbocycles. The largest absolute Gasteiger partial charge is 0.497 e. The molecule has 0 spiro atoms. The van der Waals surface area contributed by atoms with Gasteiger partial charge in [0, 0.05) is 18.4 Å². The lowest BCUT2D eigenvalue weighted by atomic mass is 9.31. The Morgan fingerprint density at radius 1 is 1.19 bits per heavy atom. The van der Waals surface area contributed by atoms with Crippen LogP contribution in [0.15, 0.2) is 48.8 Å². The zero-order valence-electron chi connectivity index (χ0n) is 15.5. The van der Waals surface area contributed by atoms with E-state index < -0.39 is 0 Å². The molecule has 4 fully saturated rings. The van der Waals surface area contributed by atoms with Gasteiger partial charge in [0.2, 0.25) is 0 Å². The summed E-state index contributed by atoms with van der Waals surface area (Å²) in [5.74, 6) is 1.60. The molecule has 27 heavy (non-hydrogen) atoms. The maximum absolute atomic E-state index is 12.6. The summed E-state index contributed by atoms with van der Waals surface area (Å²) < 4.78 is 5.28. The number of aromatic nitrogens is 1. The minimum Gasteiger partial charge on any atom is -0.497 e. The number of hydrogen-bond donors (Lipinski definition) is 1. The average Bonchev–Trinajstić information content (AvgIpc) is 3.45. The second-order valence-corrected chi connectivity index (χ2v) is 8.43. The van der Waals surface area contributed by atoms with Crippen molar-refractivity contribution in [1.82, 2.24) is 10.3 Å². The Morgan fingerprint density at radius 2 is 1.89 bits per heavy atom. The van der Waals surface area contributed by atoms with Crippen molar-refractivity contribution in [3.05, 3.63) is 59.9 Å². The van der Waals surface area contributed by atoms with Crippen molar-refractivity contribution in [2.45, 2.75) is 43.6 Å². The van der Waals surface area contributed by atoms with E-state index in [4.69, 9.17) is 4.74 Å². The molecule has 1 heterocycles. The second-order valence-electron chi connectivity index (χ2n) is 8.43. The SMILES string of the molecule is COc1ccc(C23CC(C(NC(=O)c4cccnc4)C4CC4)(C2)C3)cc1.Cl. The quantitative estimate of drug-likeness (QED) is 0.814. The molecule has 0 aliphatic heterocycles. The van der Waals surface area contributed by atoms with Gasteiger partial charge in [-0.25, -0.2) is 0 Å². The van der Waals surface area contributed by atoms with Crippen molar-refractivity contribution >= 4 is 18.3 Å². The minimum absolute atomic E-state index is 0. The molecule has 1 aromatic heterocycles. The van der Waals surface area contributed by atoms with Gasteiger partial charge in [-0.1, -0.05) is 12.1 Å². The first-order valence-electron chi connectivity index (χ1n) is 9.50. The van der Waals surface area contributed by atoms with E-state index in [-0.39, 0.29) is 18.3 Å². The molecule has 1 amide bonds. The van der Waals surface area contributed by atoms with Crippen LogP contribution in [0.5, 0.6) is 5.75 Å². The van der Waals surface area contributed by atoms with Crippen LogP contribution in [0.25, 0.3) is 0 Å². The number of pyridine rings is 1. The number of amides is 1. The van der Waals surface area contributed by atoms with Gasteiger partial charge in [0.25, 0.3) is 5.91 Å². The summed E-state index contributed by atoms with van der Waals surface area (Å²) in [5, 5.41) is 3.36. The molecule has 1 N–H and O–H groups in total. The van der Waals surface area contributed by atoms with Gasteiger partial charge in [0.15, 0.2) is 0 Å².